The molecule has 134 valence electrons. The van der Waals surface area contributed by atoms with Gasteiger partial charge in [0.15, 0.2) is 0 Å². The molecule has 24 heavy (non-hydrogen) atoms. The minimum absolute atomic E-state index is 0.110. The number of carbonyl (C=O) groups excluding carboxylic acids is 1. The summed E-state index contributed by atoms with van der Waals surface area (Å²) in [6.45, 7) is 0.647. The van der Waals surface area contributed by atoms with Crippen LogP contribution < -0.4 is 15.8 Å². The number of carbonyl (C=O) groups is 1. The molecule has 1 aliphatic carbocycles. The van der Waals surface area contributed by atoms with Gasteiger partial charge in [0.1, 0.15) is 10.7 Å². The Morgan fingerprint density at radius 3 is 2.58 bits per heavy atom. The van der Waals surface area contributed by atoms with Gasteiger partial charge in [0.05, 0.1) is 0 Å². The Morgan fingerprint density at radius 1 is 1.21 bits per heavy atom. The second kappa shape index (κ2) is 8.55. The summed E-state index contributed by atoms with van der Waals surface area (Å²) >= 11 is 0. The number of nitrogens with one attached hydrogen (secondary N) is 2. The molecular formula is C16H24FN3O3S. The SMILES string of the molecule is NCCCCCCC(=O)Nc1ccc(F)c(S(=O)(=O)NC2CC2)c1. The summed E-state index contributed by atoms with van der Waals surface area (Å²) in [6, 6.07) is 3.46. The third kappa shape index (κ3) is 5.85. The minimum Gasteiger partial charge on any atom is -0.330 e. The first kappa shape index (κ1) is 18.8. The van der Waals surface area contributed by atoms with Crippen molar-refractivity contribution in [3.05, 3.63) is 24.0 Å². The molecule has 0 aliphatic heterocycles. The summed E-state index contributed by atoms with van der Waals surface area (Å²) in [5.41, 5.74) is 5.68. The highest BCUT2D eigenvalue weighted by molar-refractivity contribution is 7.89. The molecule has 4 N–H and O–H groups in total. The van der Waals surface area contributed by atoms with Crippen LogP contribution >= 0.6 is 0 Å². The summed E-state index contributed by atoms with van der Waals surface area (Å²) in [7, 11) is -3.90. The van der Waals surface area contributed by atoms with Gasteiger partial charge in [-0.25, -0.2) is 17.5 Å². The lowest BCUT2D eigenvalue weighted by atomic mass is 10.1. The largest absolute Gasteiger partial charge is 0.330 e. The normalized spacial score (nSPS) is 14.6. The fraction of sp³-hybridized carbons (Fsp3) is 0.562. The van der Waals surface area contributed by atoms with Gasteiger partial charge in [-0.1, -0.05) is 12.8 Å². The zero-order chi connectivity index (χ0) is 17.6. The number of unbranched alkanes of at least 4 members (excludes halogenated alkanes) is 3. The van der Waals surface area contributed by atoms with Crippen molar-refractivity contribution >= 4 is 21.6 Å². The zero-order valence-electron chi connectivity index (χ0n) is 13.6. The van der Waals surface area contributed by atoms with E-state index in [1.165, 1.54) is 6.07 Å². The quantitative estimate of drug-likeness (QED) is 0.558. The second-order valence-electron chi connectivity index (χ2n) is 6.04. The van der Waals surface area contributed by atoms with Gasteiger partial charge in [-0.05, 0) is 50.4 Å². The van der Waals surface area contributed by atoms with E-state index in [1.54, 1.807) is 0 Å². The average Bonchev–Trinajstić information content (AvgIpc) is 3.32. The summed E-state index contributed by atoms with van der Waals surface area (Å²) in [4.78, 5) is 11.4. The third-order valence-electron chi connectivity index (χ3n) is 3.76. The van der Waals surface area contributed by atoms with E-state index in [1.807, 2.05) is 0 Å². The third-order valence-corrected chi connectivity index (χ3v) is 5.30. The molecule has 0 heterocycles. The fourth-order valence-corrected chi connectivity index (χ4v) is 3.69. The first-order valence-corrected chi connectivity index (χ1v) is 9.72. The van der Waals surface area contributed by atoms with Crippen molar-refractivity contribution in [2.24, 2.45) is 5.73 Å². The summed E-state index contributed by atoms with van der Waals surface area (Å²) in [6.07, 6.45) is 5.44. The van der Waals surface area contributed by atoms with Gasteiger partial charge < -0.3 is 11.1 Å². The van der Waals surface area contributed by atoms with Crippen LogP contribution in [0.1, 0.15) is 44.9 Å². The van der Waals surface area contributed by atoms with E-state index in [4.69, 9.17) is 5.73 Å². The molecular weight excluding hydrogens is 333 g/mol. The molecule has 1 fully saturated rings. The van der Waals surface area contributed by atoms with Crippen LogP contribution in [0.3, 0.4) is 0 Å². The van der Waals surface area contributed by atoms with Crippen LogP contribution in [-0.2, 0) is 14.8 Å². The second-order valence-corrected chi connectivity index (χ2v) is 7.72. The topological polar surface area (TPSA) is 101 Å². The zero-order valence-corrected chi connectivity index (χ0v) is 14.4. The first-order valence-electron chi connectivity index (χ1n) is 8.24. The van der Waals surface area contributed by atoms with E-state index in [9.17, 15) is 17.6 Å². The van der Waals surface area contributed by atoms with Crippen molar-refractivity contribution in [2.45, 2.75) is 55.9 Å². The van der Waals surface area contributed by atoms with E-state index >= 15 is 0 Å². The van der Waals surface area contributed by atoms with Crippen LogP contribution in [0, 0.1) is 5.82 Å². The van der Waals surface area contributed by atoms with Gasteiger partial charge >= 0.3 is 0 Å². The van der Waals surface area contributed by atoms with Gasteiger partial charge in [-0.3, -0.25) is 4.79 Å². The Kier molecular flexibility index (Phi) is 6.70. The number of hydrogen-bond acceptors (Lipinski definition) is 4. The van der Waals surface area contributed by atoms with E-state index in [0.29, 0.717) is 13.0 Å². The van der Waals surface area contributed by atoms with Crippen molar-refractivity contribution in [1.29, 1.82) is 0 Å². The standard InChI is InChI=1S/C16H24FN3O3S/c17-14-9-8-13(19-16(21)5-3-1-2-4-10-18)11-15(14)24(22,23)20-12-6-7-12/h8-9,11-12,20H,1-7,10,18H2,(H,19,21). The van der Waals surface area contributed by atoms with Crippen molar-refractivity contribution in [3.8, 4) is 0 Å². The summed E-state index contributed by atoms with van der Waals surface area (Å²) < 4.78 is 40.6. The predicted molar refractivity (Wildman–Crippen MR) is 90.5 cm³/mol. The average molecular weight is 357 g/mol. The lowest BCUT2D eigenvalue weighted by Gasteiger charge is -2.10. The van der Waals surface area contributed by atoms with Crippen LogP contribution in [0.2, 0.25) is 0 Å². The molecule has 0 bridgehead atoms. The predicted octanol–water partition coefficient (Wildman–Crippen LogP) is 2.11. The Labute approximate surface area is 142 Å². The van der Waals surface area contributed by atoms with Gasteiger partial charge in [-0.2, -0.15) is 0 Å². The minimum atomic E-state index is -3.90. The molecule has 0 radical (unpaired) electrons. The lowest BCUT2D eigenvalue weighted by molar-refractivity contribution is -0.116. The van der Waals surface area contributed by atoms with E-state index in [-0.39, 0.29) is 17.6 Å². The molecule has 0 saturated heterocycles. The van der Waals surface area contributed by atoms with Gasteiger partial charge in [0.25, 0.3) is 0 Å². The lowest BCUT2D eigenvalue weighted by Crippen LogP contribution is -2.26. The molecule has 0 unspecified atom stereocenters. The number of anilines is 1. The maximum Gasteiger partial charge on any atom is 0.243 e. The smallest absolute Gasteiger partial charge is 0.243 e. The highest BCUT2D eigenvalue weighted by atomic mass is 32.2. The maximum absolute atomic E-state index is 13.9. The number of hydrogen-bond donors (Lipinski definition) is 3. The Hall–Kier alpha value is -1.51. The number of amides is 1. The highest BCUT2D eigenvalue weighted by Crippen LogP contribution is 2.25. The summed E-state index contributed by atoms with van der Waals surface area (Å²) in [5.74, 6) is -1.05. The molecule has 1 aromatic rings. The number of halogens is 1. The van der Waals surface area contributed by atoms with Crippen LogP contribution in [0.15, 0.2) is 23.1 Å². The monoisotopic (exact) mass is 357 g/mol. The molecule has 0 spiro atoms. The van der Waals surface area contributed by atoms with Crippen molar-refractivity contribution in [2.75, 3.05) is 11.9 Å². The Morgan fingerprint density at radius 2 is 1.92 bits per heavy atom. The molecule has 1 aromatic carbocycles. The van der Waals surface area contributed by atoms with Crippen molar-refractivity contribution in [3.63, 3.8) is 0 Å². The maximum atomic E-state index is 13.9. The fourth-order valence-electron chi connectivity index (χ4n) is 2.28. The molecule has 6 nitrogen and oxygen atoms in total. The number of benzene rings is 1. The highest BCUT2D eigenvalue weighted by Gasteiger charge is 2.29. The molecule has 1 aliphatic rings. The molecule has 0 aromatic heterocycles. The van der Waals surface area contributed by atoms with Gasteiger partial charge in [-0.15, -0.1) is 0 Å². The molecule has 1 saturated carbocycles. The van der Waals surface area contributed by atoms with Gasteiger partial charge in [0, 0.05) is 18.2 Å². The van der Waals surface area contributed by atoms with E-state index in [2.05, 4.69) is 10.0 Å². The van der Waals surface area contributed by atoms with Crippen LogP contribution in [-0.4, -0.2) is 26.9 Å². The summed E-state index contributed by atoms with van der Waals surface area (Å²) in [5, 5.41) is 2.62. The van der Waals surface area contributed by atoms with Crippen molar-refractivity contribution < 1.29 is 17.6 Å². The van der Waals surface area contributed by atoms with Crippen LogP contribution in [0.5, 0.6) is 0 Å². The first-order chi connectivity index (χ1) is 11.4. The molecule has 0 atom stereocenters. The van der Waals surface area contributed by atoms with Crippen molar-refractivity contribution in [1.82, 2.24) is 4.72 Å². The van der Waals surface area contributed by atoms with Gasteiger partial charge in [0.2, 0.25) is 15.9 Å². The molecule has 8 heteroatoms. The molecule has 2 rings (SSSR count). The number of sulfonamides is 1. The van der Waals surface area contributed by atoms with E-state index in [0.717, 1.165) is 50.7 Å². The van der Waals surface area contributed by atoms with Crippen LogP contribution in [0.4, 0.5) is 10.1 Å². The Bertz CT molecular complexity index is 675. The molecule has 1 amide bonds. The number of nitrogens with two attached hydrogens (primary N) is 1. The number of rotatable bonds is 10. The van der Waals surface area contributed by atoms with Crippen LogP contribution in [0.25, 0.3) is 0 Å². The Balaban J connectivity index is 1.93. The van der Waals surface area contributed by atoms with E-state index < -0.39 is 20.7 Å².